The Labute approximate surface area is 89.1 Å². The minimum Gasteiger partial charge on any atom is -0.0999 e. The highest BCUT2D eigenvalue weighted by atomic mass is 14.1. The summed E-state index contributed by atoms with van der Waals surface area (Å²) in [6.45, 7) is 8.44. The SMILES string of the molecule is C=C(C)C(C)CCCC1C=CCCC1. The minimum atomic E-state index is 0.711. The smallest absolute Gasteiger partial charge is 0.0233 e. The van der Waals surface area contributed by atoms with E-state index in [0.717, 1.165) is 5.92 Å². The van der Waals surface area contributed by atoms with Crippen molar-refractivity contribution in [2.75, 3.05) is 0 Å². The van der Waals surface area contributed by atoms with Gasteiger partial charge in [-0.25, -0.2) is 0 Å². The maximum absolute atomic E-state index is 4.01. The van der Waals surface area contributed by atoms with E-state index in [4.69, 9.17) is 0 Å². The van der Waals surface area contributed by atoms with Gasteiger partial charge in [0.05, 0.1) is 0 Å². The van der Waals surface area contributed by atoms with Crippen LogP contribution in [0.1, 0.15) is 52.4 Å². The highest BCUT2D eigenvalue weighted by molar-refractivity contribution is 4.95. The van der Waals surface area contributed by atoms with Crippen LogP contribution in [0.4, 0.5) is 0 Å². The average Bonchev–Trinajstić information content (AvgIpc) is 2.19. The molecule has 1 aliphatic rings. The lowest BCUT2D eigenvalue weighted by atomic mass is 9.89. The lowest BCUT2D eigenvalue weighted by molar-refractivity contribution is 0.456. The van der Waals surface area contributed by atoms with Gasteiger partial charge < -0.3 is 0 Å². The van der Waals surface area contributed by atoms with Crippen molar-refractivity contribution < 1.29 is 0 Å². The first-order valence-corrected chi connectivity index (χ1v) is 6.02. The van der Waals surface area contributed by atoms with Crippen molar-refractivity contribution in [2.24, 2.45) is 11.8 Å². The quantitative estimate of drug-likeness (QED) is 0.553. The van der Waals surface area contributed by atoms with Crippen LogP contribution in [-0.4, -0.2) is 0 Å². The maximum Gasteiger partial charge on any atom is -0.0233 e. The minimum absolute atomic E-state index is 0.711. The largest absolute Gasteiger partial charge is 0.0999 e. The molecule has 0 nitrogen and oxygen atoms in total. The summed E-state index contributed by atoms with van der Waals surface area (Å²) < 4.78 is 0. The van der Waals surface area contributed by atoms with Gasteiger partial charge in [-0.05, 0) is 50.9 Å². The van der Waals surface area contributed by atoms with Crippen molar-refractivity contribution in [2.45, 2.75) is 52.4 Å². The van der Waals surface area contributed by atoms with E-state index in [9.17, 15) is 0 Å². The lowest BCUT2D eigenvalue weighted by Gasteiger charge is -2.17. The molecule has 0 saturated heterocycles. The molecule has 0 heterocycles. The Morgan fingerprint density at radius 2 is 2.36 bits per heavy atom. The summed E-state index contributed by atoms with van der Waals surface area (Å²) in [4.78, 5) is 0. The molecule has 0 aromatic rings. The third-order valence-electron chi connectivity index (χ3n) is 3.41. The van der Waals surface area contributed by atoms with Gasteiger partial charge in [0.25, 0.3) is 0 Å². The fourth-order valence-electron chi connectivity index (χ4n) is 2.06. The number of hydrogen-bond donors (Lipinski definition) is 0. The van der Waals surface area contributed by atoms with Crippen LogP contribution in [0.2, 0.25) is 0 Å². The van der Waals surface area contributed by atoms with Gasteiger partial charge in [-0.3, -0.25) is 0 Å². The summed E-state index contributed by atoms with van der Waals surface area (Å²) in [5, 5.41) is 0. The number of hydrogen-bond acceptors (Lipinski definition) is 0. The maximum atomic E-state index is 4.01. The van der Waals surface area contributed by atoms with Crippen molar-refractivity contribution in [1.29, 1.82) is 0 Å². The molecule has 0 bridgehead atoms. The van der Waals surface area contributed by atoms with Crippen molar-refractivity contribution in [1.82, 2.24) is 0 Å². The molecule has 0 amide bonds. The molecule has 0 saturated carbocycles. The highest BCUT2D eigenvalue weighted by Gasteiger charge is 2.09. The van der Waals surface area contributed by atoms with Crippen molar-refractivity contribution in [3.8, 4) is 0 Å². The fourth-order valence-corrected chi connectivity index (χ4v) is 2.06. The van der Waals surface area contributed by atoms with Gasteiger partial charge in [-0.1, -0.05) is 37.6 Å². The molecule has 2 atom stereocenters. The van der Waals surface area contributed by atoms with E-state index in [1.807, 2.05) is 0 Å². The molecule has 80 valence electrons. The number of rotatable bonds is 5. The molecule has 0 aliphatic heterocycles. The molecule has 14 heavy (non-hydrogen) atoms. The summed E-state index contributed by atoms with van der Waals surface area (Å²) in [5.41, 5.74) is 1.34. The van der Waals surface area contributed by atoms with Crippen LogP contribution in [0.3, 0.4) is 0 Å². The summed E-state index contributed by atoms with van der Waals surface area (Å²) >= 11 is 0. The molecule has 0 fully saturated rings. The second-order valence-electron chi connectivity index (χ2n) is 4.80. The van der Waals surface area contributed by atoms with Crippen LogP contribution in [0.5, 0.6) is 0 Å². The summed E-state index contributed by atoms with van der Waals surface area (Å²) in [5.74, 6) is 1.59. The second-order valence-corrected chi connectivity index (χ2v) is 4.80. The van der Waals surface area contributed by atoms with Gasteiger partial charge >= 0.3 is 0 Å². The first kappa shape index (κ1) is 11.6. The topological polar surface area (TPSA) is 0 Å². The molecule has 0 heteroatoms. The van der Waals surface area contributed by atoms with Crippen LogP contribution in [0.15, 0.2) is 24.3 Å². The standard InChI is InChI=1S/C14H24/c1-12(2)13(3)8-7-11-14-9-5-4-6-10-14/h5,9,13-14H,1,4,6-8,10-11H2,2-3H3. The molecule has 0 N–H and O–H groups in total. The van der Waals surface area contributed by atoms with E-state index in [1.165, 1.54) is 44.1 Å². The third-order valence-corrected chi connectivity index (χ3v) is 3.41. The lowest BCUT2D eigenvalue weighted by Crippen LogP contribution is -2.02. The van der Waals surface area contributed by atoms with Gasteiger partial charge in [-0.2, -0.15) is 0 Å². The summed E-state index contributed by atoms with van der Waals surface area (Å²) in [6, 6.07) is 0. The molecule has 0 spiro atoms. The van der Waals surface area contributed by atoms with E-state index in [-0.39, 0.29) is 0 Å². The van der Waals surface area contributed by atoms with Crippen LogP contribution in [0, 0.1) is 11.8 Å². The van der Waals surface area contributed by atoms with Gasteiger partial charge in [-0.15, -0.1) is 0 Å². The second kappa shape index (κ2) is 6.06. The van der Waals surface area contributed by atoms with Crippen molar-refractivity contribution in [3.63, 3.8) is 0 Å². The Morgan fingerprint density at radius 3 is 2.93 bits per heavy atom. The predicted octanol–water partition coefficient (Wildman–Crippen LogP) is 4.73. The van der Waals surface area contributed by atoms with Crippen molar-refractivity contribution >= 4 is 0 Å². The normalized spacial score (nSPS) is 23.4. The summed E-state index contributed by atoms with van der Waals surface area (Å²) in [6.07, 6.45) is 13.0. The van der Waals surface area contributed by atoms with E-state index in [2.05, 4.69) is 32.6 Å². The molecule has 1 aliphatic carbocycles. The molecular formula is C14H24. The molecule has 0 radical (unpaired) electrons. The fraction of sp³-hybridized carbons (Fsp3) is 0.714. The Bertz CT molecular complexity index is 200. The van der Waals surface area contributed by atoms with Crippen molar-refractivity contribution in [3.05, 3.63) is 24.3 Å². The van der Waals surface area contributed by atoms with Crippen LogP contribution < -0.4 is 0 Å². The number of allylic oxidation sites excluding steroid dienone is 3. The zero-order valence-electron chi connectivity index (χ0n) is 9.76. The molecule has 0 aromatic heterocycles. The Kier molecular flexibility index (Phi) is 5.00. The molecule has 1 rings (SSSR count). The monoisotopic (exact) mass is 192 g/mol. The Balaban J connectivity index is 2.11. The first-order valence-electron chi connectivity index (χ1n) is 6.02. The first-order chi connectivity index (χ1) is 6.70. The van der Waals surface area contributed by atoms with E-state index < -0.39 is 0 Å². The van der Waals surface area contributed by atoms with Crippen LogP contribution in [0.25, 0.3) is 0 Å². The summed E-state index contributed by atoms with van der Waals surface area (Å²) in [7, 11) is 0. The zero-order valence-corrected chi connectivity index (χ0v) is 9.76. The van der Waals surface area contributed by atoms with Gasteiger partial charge in [0.1, 0.15) is 0 Å². The molecule has 0 aromatic carbocycles. The van der Waals surface area contributed by atoms with Crippen LogP contribution >= 0.6 is 0 Å². The third kappa shape index (κ3) is 4.13. The van der Waals surface area contributed by atoms with Gasteiger partial charge in [0, 0.05) is 0 Å². The van der Waals surface area contributed by atoms with Gasteiger partial charge in [0.2, 0.25) is 0 Å². The Hall–Kier alpha value is -0.520. The average molecular weight is 192 g/mol. The molecular weight excluding hydrogens is 168 g/mol. The van der Waals surface area contributed by atoms with Gasteiger partial charge in [0.15, 0.2) is 0 Å². The highest BCUT2D eigenvalue weighted by Crippen LogP contribution is 2.24. The van der Waals surface area contributed by atoms with Crippen LogP contribution in [-0.2, 0) is 0 Å². The van der Waals surface area contributed by atoms with E-state index >= 15 is 0 Å². The van der Waals surface area contributed by atoms with E-state index in [0.29, 0.717) is 5.92 Å². The predicted molar refractivity (Wildman–Crippen MR) is 64.3 cm³/mol. The molecule has 2 unspecified atom stereocenters. The Morgan fingerprint density at radius 1 is 1.57 bits per heavy atom. The van der Waals surface area contributed by atoms with E-state index in [1.54, 1.807) is 0 Å². The zero-order chi connectivity index (χ0) is 10.4.